The van der Waals surface area contributed by atoms with Gasteiger partial charge >= 0.3 is 0 Å². The molecular weight excluding hydrogens is 285 g/mol. The highest BCUT2D eigenvalue weighted by Gasteiger charge is 2.04. The Kier molecular flexibility index (Phi) is 4.42. The van der Waals surface area contributed by atoms with Crippen LogP contribution in [0.2, 0.25) is 10.0 Å². The van der Waals surface area contributed by atoms with E-state index in [2.05, 4.69) is 20.7 Å². The Balaban J connectivity index is 2.31. The molecule has 2 aromatic rings. The molecule has 0 spiro atoms. The minimum Gasteiger partial charge on any atom is -0.340 e. The highest BCUT2D eigenvalue weighted by atomic mass is 35.5. The summed E-state index contributed by atoms with van der Waals surface area (Å²) in [6.07, 6.45) is 0.709. The van der Waals surface area contributed by atoms with Crippen molar-refractivity contribution >= 4 is 40.5 Å². The van der Waals surface area contributed by atoms with E-state index >= 15 is 0 Å². The van der Waals surface area contributed by atoms with Crippen LogP contribution in [0.3, 0.4) is 0 Å². The Morgan fingerprint density at radius 1 is 1.05 bits per heavy atom. The molecule has 0 unspecified atom stereocenters. The third-order valence-corrected chi connectivity index (χ3v) is 2.81. The third kappa shape index (κ3) is 3.70. The summed E-state index contributed by atoms with van der Waals surface area (Å²) in [5.74, 6) is 7.23. The molecular formula is C12H13Cl2N5. The number of hydrogen-bond acceptors (Lipinski definition) is 5. The molecule has 1 aromatic heterocycles. The monoisotopic (exact) mass is 297 g/mol. The van der Waals surface area contributed by atoms with Gasteiger partial charge in [-0.15, -0.1) is 0 Å². The topological polar surface area (TPSA) is 75.9 Å². The van der Waals surface area contributed by atoms with E-state index in [-0.39, 0.29) is 0 Å². The van der Waals surface area contributed by atoms with Crippen molar-refractivity contribution in [1.82, 2.24) is 9.97 Å². The molecule has 0 saturated heterocycles. The second-order valence-electron chi connectivity index (χ2n) is 3.84. The lowest BCUT2D eigenvalue weighted by molar-refractivity contribution is 0.941. The molecule has 0 bridgehead atoms. The largest absolute Gasteiger partial charge is 0.340 e. The number of nitrogens with two attached hydrogens (primary N) is 1. The van der Waals surface area contributed by atoms with Crippen molar-refractivity contribution < 1.29 is 0 Å². The summed E-state index contributed by atoms with van der Waals surface area (Å²) in [7, 11) is 0. The standard InChI is InChI=1S/C12H13Cl2N5/c1-2-10-17-11(6-12(18-10)19-15)16-9-4-7(13)3-8(14)5-9/h3-6H,2,15H2,1H3,(H2,16,17,18,19). The van der Waals surface area contributed by atoms with Crippen LogP contribution in [0.25, 0.3) is 0 Å². The van der Waals surface area contributed by atoms with E-state index in [1.54, 1.807) is 24.3 Å². The van der Waals surface area contributed by atoms with E-state index in [0.29, 0.717) is 33.9 Å². The smallest absolute Gasteiger partial charge is 0.145 e. The summed E-state index contributed by atoms with van der Waals surface area (Å²) in [6, 6.07) is 6.89. The molecule has 2 rings (SSSR count). The summed E-state index contributed by atoms with van der Waals surface area (Å²) in [4.78, 5) is 8.56. The number of halogens is 2. The minimum absolute atomic E-state index is 0.544. The summed E-state index contributed by atoms with van der Waals surface area (Å²) in [6.45, 7) is 1.97. The Morgan fingerprint density at radius 3 is 2.26 bits per heavy atom. The van der Waals surface area contributed by atoms with Crippen LogP contribution < -0.4 is 16.6 Å². The van der Waals surface area contributed by atoms with Crippen LogP contribution in [0.15, 0.2) is 24.3 Å². The fraction of sp³-hybridized carbons (Fsp3) is 0.167. The lowest BCUT2D eigenvalue weighted by Crippen LogP contribution is -2.11. The fourth-order valence-corrected chi connectivity index (χ4v) is 2.09. The lowest BCUT2D eigenvalue weighted by Gasteiger charge is -2.09. The van der Waals surface area contributed by atoms with Crippen molar-refractivity contribution in [2.24, 2.45) is 5.84 Å². The number of anilines is 3. The molecule has 100 valence electrons. The first-order chi connectivity index (χ1) is 9.10. The Labute approximate surface area is 121 Å². The van der Waals surface area contributed by atoms with Gasteiger partial charge in [-0.2, -0.15) is 0 Å². The highest BCUT2D eigenvalue weighted by molar-refractivity contribution is 6.35. The Morgan fingerprint density at radius 2 is 1.68 bits per heavy atom. The number of rotatable bonds is 4. The average molecular weight is 298 g/mol. The van der Waals surface area contributed by atoms with Crippen LogP contribution in [0.5, 0.6) is 0 Å². The van der Waals surface area contributed by atoms with Crippen LogP contribution >= 0.6 is 23.2 Å². The number of nitrogens with one attached hydrogen (secondary N) is 2. The molecule has 7 heteroatoms. The van der Waals surface area contributed by atoms with Gasteiger partial charge in [-0.25, -0.2) is 15.8 Å². The average Bonchev–Trinajstić information content (AvgIpc) is 2.37. The van der Waals surface area contributed by atoms with Crippen molar-refractivity contribution in [3.8, 4) is 0 Å². The molecule has 5 nitrogen and oxygen atoms in total. The second kappa shape index (κ2) is 6.06. The Bertz CT molecular complexity index is 546. The highest BCUT2D eigenvalue weighted by Crippen LogP contribution is 2.25. The number of aryl methyl sites for hydroxylation is 1. The van der Waals surface area contributed by atoms with Crippen LogP contribution in [0.1, 0.15) is 12.7 Å². The van der Waals surface area contributed by atoms with E-state index in [4.69, 9.17) is 29.0 Å². The maximum atomic E-state index is 5.94. The number of benzene rings is 1. The summed E-state index contributed by atoms with van der Waals surface area (Å²) in [5, 5.41) is 4.22. The van der Waals surface area contributed by atoms with Crippen LogP contribution in [0.4, 0.5) is 17.3 Å². The van der Waals surface area contributed by atoms with Gasteiger partial charge in [-0.1, -0.05) is 30.1 Å². The van der Waals surface area contributed by atoms with Crippen LogP contribution in [0, 0.1) is 0 Å². The molecule has 0 radical (unpaired) electrons. The number of hydrogen-bond donors (Lipinski definition) is 3. The van der Waals surface area contributed by atoms with Crippen molar-refractivity contribution in [3.63, 3.8) is 0 Å². The first-order valence-electron chi connectivity index (χ1n) is 5.68. The van der Waals surface area contributed by atoms with Crippen molar-refractivity contribution in [1.29, 1.82) is 0 Å². The van der Waals surface area contributed by atoms with Gasteiger partial charge in [-0.05, 0) is 18.2 Å². The zero-order chi connectivity index (χ0) is 13.8. The predicted molar refractivity (Wildman–Crippen MR) is 79.0 cm³/mol. The quantitative estimate of drug-likeness (QED) is 0.596. The molecule has 0 amide bonds. The molecule has 1 heterocycles. The van der Waals surface area contributed by atoms with Gasteiger partial charge in [0.2, 0.25) is 0 Å². The maximum Gasteiger partial charge on any atom is 0.145 e. The van der Waals surface area contributed by atoms with Crippen LogP contribution in [-0.4, -0.2) is 9.97 Å². The maximum absolute atomic E-state index is 5.94. The van der Waals surface area contributed by atoms with Crippen molar-refractivity contribution in [2.45, 2.75) is 13.3 Å². The minimum atomic E-state index is 0.544. The number of nitrogen functional groups attached to an aromatic ring is 1. The van der Waals surface area contributed by atoms with Gasteiger partial charge in [0.15, 0.2) is 0 Å². The summed E-state index contributed by atoms with van der Waals surface area (Å²) < 4.78 is 0. The van der Waals surface area contributed by atoms with Crippen molar-refractivity contribution in [3.05, 3.63) is 40.1 Å². The summed E-state index contributed by atoms with van der Waals surface area (Å²) in [5.41, 5.74) is 3.26. The van der Waals surface area contributed by atoms with Gasteiger partial charge in [0.1, 0.15) is 17.5 Å². The van der Waals surface area contributed by atoms with Gasteiger partial charge in [0, 0.05) is 28.2 Å². The predicted octanol–water partition coefficient (Wildman–Crippen LogP) is 3.38. The summed E-state index contributed by atoms with van der Waals surface area (Å²) >= 11 is 11.9. The second-order valence-corrected chi connectivity index (χ2v) is 4.71. The molecule has 0 aliphatic heterocycles. The Hall–Kier alpha value is -1.56. The normalized spacial score (nSPS) is 10.3. The molecule has 0 atom stereocenters. The molecule has 0 saturated carbocycles. The van der Waals surface area contributed by atoms with Gasteiger partial charge in [0.05, 0.1) is 0 Å². The van der Waals surface area contributed by atoms with Gasteiger partial charge in [-0.3, -0.25) is 0 Å². The molecule has 0 aliphatic carbocycles. The zero-order valence-corrected chi connectivity index (χ0v) is 11.8. The molecule has 0 fully saturated rings. The third-order valence-electron chi connectivity index (χ3n) is 2.37. The number of hydrazine groups is 1. The van der Waals surface area contributed by atoms with E-state index in [9.17, 15) is 0 Å². The first-order valence-corrected chi connectivity index (χ1v) is 6.44. The zero-order valence-electron chi connectivity index (χ0n) is 10.2. The van der Waals surface area contributed by atoms with Crippen molar-refractivity contribution in [2.75, 3.05) is 10.7 Å². The van der Waals surface area contributed by atoms with Gasteiger partial charge in [0.25, 0.3) is 0 Å². The molecule has 19 heavy (non-hydrogen) atoms. The SMILES string of the molecule is CCc1nc(NN)cc(Nc2cc(Cl)cc(Cl)c2)n1. The van der Waals surface area contributed by atoms with Crippen LogP contribution in [-0.2, 0) is 6.42 Å². The van der Waals surface area contributed by atoms with Gasteiger partial charge < -0.3 is 10.7 Å². The molecule has 4 N–H and O–H groups in total. The lowest BCUT2D eigenvalue weighted by atomic mass is 10.3. The number of nitrogens with zero attached hydrogens (tertiary/aromatic N) is 2. The van der Waals surface area contributed by atoms with E-state index in [1.807, 2.05) is 6.92 Å². The van der Waals surface area contributed by atoms with E-state index in [0.717, 1.165) is 5.69 Å². The van der Waals surface area contributed by atoms with E-state index < -0.39 is 0 Å². The fourth-order valence-electron chi connectivity index (χ4n) is 1.57. The molecule has 1 aromatic carbocycles. The first kappa shape index (κ1) is 13.9. The molecule has 0 aliphatic rings. The number of aromatic nitrogens is 2. The van der Waals surface area contributed by atoms with E-state index in [1.165, 1.54) is 0 Å².